The molecule has 3 rings (SSSR count). The molecule has 1 N–H and O–H groups in total. The number of furan rings is 1. The van der Waals surface area contributed by atoms with Crippen LogP contribution in [0.1, 0.15) is 33.7 Å². The van der Waals surface area contributed by atoms with E-state index in [4.69, 9.17) is 4.42 Å². The molecule has 0 spiro atoms. The van der Waals surface area contributed by atoms with Crippen LogP contribution in [0.15, 0.2) is 57.4 Å². The first-order valence-corrected chi connectivity index (χ1v) is 12.0. The average molecular weight is 447 g/mol. The van der Waals surface area contributed by atoms with Gasteiger partial charge in [-0.3, -0.25) is 4.79 Å². The van der Waals surface area contributed by atoms with E-state index in [9.17, 15) is 13.2 Å². The summed E-state index contributed by atoms with van der Waals surface area (Å²) in [6, 6.07) is 11.2. The van der Waals surface area contributed by atoms with Gasteiger partial charge in [0.25, 0.3) is 0 Å². The second kappa shape index (κ2) is 9.59. The Balaban J connectivity index is 1.66. The zero-order chi connectivity index (χ0) is 21.7. The van der Waals surface area contributed by atoms with E-state index in [-0.39, 0.29) is 23.8 Å². The number of amides is 1. The van der Waals surface area contributed by atoms with Crippen LogP contribution in [-0.4, -0.2) is 25.8 Å². The summed E-state index contributed by atoms with van der Waals surface area (Å²) in [4.78, 5) is 15.9. The van der Waals surface area contributed by atoms with E-state index in [0.717, 1.165) is 10.4 Å². The molecule has 0 fully saturated rings. The Kier molecular flexibility index (Phi) is 7.12. The van der Waals surface area contributed by atoms with E-state index < -0.39 is 10.0 Å². The van der Waals surface area contributed by atoms with Crippen molar-refractivity contribution in [1.82, 2.24) is 9.62 Å². The lowest BCUT2D eigenvalue weighted by Gasteiger charge is -2.21. The van der Waals surface area contributed by atoms with Crippen molar-refractivity contribution in [3.63, 3.8) is 0 Å². The first-order valence-electron chi connectivity index (χ1n) is 9.66. The summed E-state index contributed by atoms with van der Waals surface area (Å²) in [7, 11) is -3.70. The maximum absolute atomic E-state index is 12.9. The normalized spacial score (nSPS) is 11.6. The molecule has 0 saturated carbocycles. The largest absolute Gasteiger partial charge is 0.467 e. The Morgan fingerprint density at radius 1 is 1.10 bits per heavy atom. The lowest BCUT2D eigenvalue weighted by Crippen LogP contribution is -2.34. The van der Waals surface area contributed by atoms with Crippen molar-refractivity contribution >= 4 is 27.3 Å². The molecule has 1 aromatic carbocycles. The number of carbonyl (C=O) groups is 1. The molecule has 0 aliphatic heterocycles. The van der Waals surface area contributed by atoms with Crippen LogP contribution in [0.2, 0.25) is 0 Å². The van der Waals surface area contributed by atoms with Gasteiger partial charge in [-0.2, -0.15) is 0 Å². The summed E-state index contributed by atoms with van der Waals surface area (Å²) in [5.74, 6) is 0.547. The number of rotatable bonds is 9. The van der Waals surface area contributed by atoms with E-state index in [0.29, 0.717) is 30.0 Å². The lowest BCUT2D eigenvalue weighted by atomic mass is 10.1. The Morgan fingerprint density at radius 3 is 2.43 bits per heavy atom. The molecule has 0 atom stereocenters. The molecular formula is C22H26N2O4S2. The standard InChI is InChI=1S/C22H26N2O4S2/c1-16-12-17(2)22(18(3)13-16)30(26,27)23-9-8-21(25)24(14-19-6-4-10-28-19)15-20-7-5-11-29-20/h4-7,10-13,23H,8-9,14-15H2,1-3H3. The van der Waals surface area contributed by atoms with Crippen LogP contribution in [0.25, 0.3) is 0 Å². The molecule has 2 heterocycles. The Labute approximate surface area is 181 Å². The van der Waals surface area contributed by atoms with Crippen molar-refractivity contribution in [1.29, 1.82) is 0 Å². The minimum Gasteiger partial charge on any atom is -0.467 e. The predicted molar refractivity (Wildman–Crippen MR) is 118 cm³/mol. The zero-order valence-corrected chi connectivity index (χ0v) is 19.0. The molecule has 0 radical (unpaired) electrons. The third kappa shape index (κ3) is 5.59. The van der Waals surface area contributed by atoms with Crippen LogP contribution in [0.5, 0.6) is 0 Å². The molecule has 30 heavy (non-hydrogen) atoms. The molecule has 6 nitrogen and oxygen atoms in total. The Bertz CT molecular complexity index is 1030. The fourth-order valence-electron chi connectivity index (χ4n) is 3.53. The first-order chi connectivity index (χ1) is 14.3. The van der Waals surface area contributed by atoms with E-state index in [1.165, 1.54) is 0 Å². The molecule has 2 aromatic heterocycles. The topological polar surface area (TPSA) is 79.6 Å². The van der Waals surface area contributed by atoms with Crippen molar-refractivity contribution in [2.75, 3.05) is 6.54 Å². The van der Waals surface area contributed by atoms with E-state index >= 15 is 0 Å². The number of benzene rings is 1. The monoisotopic (exact) mass is 446 g/mol. The highest BCUT2D eigenvalue weighted by Gasteiger charge is 2.21. The molecule has 0 unspecified atom stereocenters. The van der Waals surface area contributed by atoms with Gasteiger partial charge < -0.3 is 9.32 Å². The van der Waals surface area contributed by atoms with Gasteiger partial charge in [0, 0.05) is 17.8 Å². The van der Waals surface area contributed by atoms with Gasteiger partial charge in [0.05, 0.1) is 24.2 Å². The number of nitrogens with one attached hydrogen (secondary N) is 1. The molecule has 8 heteroatoms. The Hall–Kier alpha value is -2.42. The first kappa shape index (κ1) is 22.3. The molecule has 0 bridgehead atoms. The molecule has 0 aliphatic rings. The van der Waals surface area contributed by atoms with Gasteiger partial charge >= 0.3 is 0 Å². The predicted octanol–water partition coefficient (Wildman–Crippen LogP) is 4.16. The van der Waals surface area contributed by atoms with Crippen molar-refractivity contribution < 1.29 is 17.6 Å². The molecule has 3 aromatic rings. The van der Waals surface area contributed by atoms with E-state index in [1.807, 2.05) is 42.6 Å². The highest BCUT2D eigenvalue weighted by molar-refractivity contribution is 7.89. The summed E-state index contributed by atoms with van der Waals surface area (Å²) in [5.41, 5.74) is 2.41. The summed E-state index contributed by atoms with van der Waals surface area (Å²) < 4.78 is 33.6. The van der Waals surface area contributed by atoms with Crippen molar-refractivity contribution in [3.05, 3.63) is 75.4 Å². The van der Waals surface area contributed by atoms with Crippen LogP contribution < -0.4 is 4.72 Å². The summed E-state index contributed by atoms with van der Waals surface area (Å²) >= 11 is 1.57. The zero-order valence-electron chi connectivity index (χ0n) is 17.3. The molecule has 1 amide bonds. The van der Waals surface area contributed by atoms with Gasteiger partial charge in [0.1, 0.15) is 5.76 Å². The number of carbonyl (C=O) groups excluding carboxylic acids is 1. The van der Waals surface area contributed by atoms with Crippen molar-refractivity contribution in [3.8, 4) is 0 Å². The smallest absolute Gasteiger partial charge is 0.241 e. The number of nitrogens with zero attached hydrogens (tertiary/aromatic N) is 1. The van der Waals surface area contributed by atoms with Crippen LogP contribution in [-0.2, 0) is 27.9 Å². The molecule has 0 saturated heterocycles. The summed E-state index contributed by atoms with van der Waals surface area (Å²) in [5, 5.41) is 1.96. The summed E-state index contributed by atoms with van der Waals surface area (Å²) in [6.45, 7) is 6.33. The van der Waals surface area contributed by atoms with Crippen molar-refractivity contribution in [2.24, 2.45) is 0 Å². The average Bonchev–Trinajstić information content (AvgIpc) is 3.33. The van der Waals surface area contributed by atoms with Crippen LogP contribution >= 0.6 is 11.3 Å². The Morgan fingerprint density at radius 2 is 1.83 bits per heavy atom. The van der Waals surface area contributed by atoms with Gasteiger partial charge in [0.2, 0.25) is 15.9 Å². The fourth-order valence-corrected chi connectivity index (χ4v) is 5.73. The third-order valence-corrected chi connectivity index (χ3v) is 7.34. The van der Waals surface area contributed by atoms with Gasteiger partial charge in [-0.15, -0.1) is 11.3 Å². The minimum absolute atomic E-state index is 0.0347. The van der Waals surface area contributed by atoms with E-state index in [1.54, 1.807) is 42.4 Å². The molecular weight excluding hydrogens is 420 g/mol. The highest BCUT2D eigenvalue weighted by atomic mass is 32.2. The number of aryl methyl sites for hydroxylation is 3. The second-order valence-electron chi connectivity index (χ2n) is 7.28. The lowest BCUT2D eigenvalue weighted by molar-refractivity contribution is -0.132. The highest BCUT2D eigenvalue weighted by Crippen LogP contribution is 2.21. The van der Waals surface area contributed by atoms with E-state index in [2.05, 4.69) is 4.72 Å². The van der Waals surface area contributed by atoms with Gasteiger partial charge in [-0.05, 0) is 55.5 Å². The van der Waals surface area contributed by atoms with Gasteiger partial charge in [-0.1, -0.05) is 23.8 Å². The number of hydrogen-bond acceptors (Lipinski definition) is 5. The van der Waals surface area contributed by atoms with Gasteiger partial charge in [-0.25, -0.2) is 13.1 Å². The maximum Gasteiger partial charge on any atom is 0.241 e. The minimum atomic E-state index is -3.70. The van der Waals surface area contributed by atoms with Crippen LogP contribution in [0.4, 0.5) is 0 Å². The van der Waals surface area contributed by atoms with Crippen LogP contribution in [0, 0.1) is 20.8 Å². The van der Waals surface area contributed by atoms with Gasteiger partial charge in [0.15, 0.2) is 0 Å². The number of thiophene rings is 1. The number of sulfonamides is 1. The quantitative estimate of drug-likeness (QED) is 0.535. The van der Waals surface area contributed by atoms with Crippen molar-refractivity contribution in [2.45, 2.75) is 45.2 Å². The SMILES string of the molecule is Cc1cc(C)c(S(=O)(=O)NCCC(=O)N(Cc2ccco2)Cc2cccs2)c(C)c1. The fraction of sp³-hybridized carbons (Fsp3) is 0.318. The maximum atomic E-state index is 12.9. The third-order valence-electron chi connectivity index (χ3n) is 4.71. The molecule has 160 valence electrons. The van der Waals surface area contributed by atoms with Crippen LogP contribution in [0.3, 0.4) is 0 Å². The molecule has 0 aliphatic carbocycles. The second-order valence-corrected chi connectivity index (χ2v) is 10.0. The summed E-state index contributed by atoms with van der Waals surface area (Å²) in [6.07, 6.45) is 1.64. The number of hydrogen-bond donors (Lipinski definition) is 1.